The number of hydrogen-bond acceptors (Lipinski definition) is 5. The summed E-state index contributed by atoms with van der Waals surface area (Å²) < 4.78 is 27.5. The lowest BCUT2D eigenvalue weighted by Gasteiger charge is -2.34. The van der Waals surface area contributed by atoms with Gasteiger partial charge < -0.3 is 5.11 Å². The van der Waals surface area contributed by atoms with Gasteiger partial charge in [0.2, 0.25) is 0 Å². The van der Waals surface area contributed by atoms with Gasteiger partial charge in [0.25, 0.3) is 10.2 Å². The summed E-state index contributed by atoms with van der Waals surface area (Å²) in [5.41, 5.74) is 2.47. The van der Waals surface area contributed by atoms with Gasteiger partial charge in [0.05, 0.1) is 17.7 Å². The van der Waals surface area contributed by atoms with Gasteiger partial charge in [-0.1, -0.05) is 0 Å². The number of nitrogens with zero attached hydrogens (tertiary/aromatic N) is 3. The second kappa shape index (κ2) is 6.39. The fourth-order valence-electron chi connectivity index (χ4n) is 2.37. The average molecular weight is 333 g/mol. The van der Waals surface area contributed by atoms with E-state index >= 15 is 0 Å². The summed E-state index contributed by atoms with van der Waals surface area (Å²) in [6, 6.07) is -0.964. The maximum Gasteiger partial charge on any atom is 0.322 e. The first-order valence-corrected chi connectivity index (χ1v) is 8.96. The van der Waals surface area contributed by atoms with Gasteiger partial charge in [-0.2, -0.15) is 17.0 Å². The van der Waals surface area contributed by atoms with Crippen molar-refractivity contribution in [1.82, 2.24) is 13.6 Å². The standard InChI is InChI=1S/C12H19N3O4S2/c1-9-11(20-8-13-9)7-14(2)21(18,19)15-6-4-3-5-10(15)12(16)17/h8,10H,3-7H2,1-2H3,(H,16,17). The number of carboxylic acid groups (broad SMARTS) is 1. The van der Waals surface area contributed by atoms with E-state index in [1.54, 1.807) is 5.51 Å². The molecule has 0 saturated carbocycles. The molecule has 0 bridgehead atoms. The second-order valence-electron chi connectivity index (χ2n) is 5.09. The van der Waals surface area contributed by atoms with Crippen molar-refractivity contribution < 1.29 is 18.3 Å². The zero-order valence-electron chi connectivity index (χ0n) is 12.0. The molecule has 1 fully saturated rings. The third kappa shape index (κ3) is 3.42. The smallest absolute Gasteiger partial charge is 0.322 e. The highest BCUT2D eigenvalue weighted by atomic mass is 32.2. The van der Waals surface area contributed by atoms with Crippen LogP contribution in [0.1, 0.15) is 29.8 Å². The van der Waals surface area contributed by atoms with Crippen molar-refractivity contribution in [3.05, 3.63) is 16.1 Å². The van der Waals surface area contributed by atoms with Crippen LogP contribution >= 0.6 is 11.3 Å². The third-order valence-corrected chi connectivity index (χ3v) is 6.51. The Hall–Kier alpha value is -1.03. The summed E-state index contributed by atoms with van der Waals surface area (Å²) >= 11 is 1.40. The Labute approximate surface area is 128 Å². The molecule has 1 unspecified atom stereocenters. The third-order valence-electron chi connectivity index (χ3n) is 3.64. The summed E-state index contributed by atoms with van der Waals surface area (Å²) in [5.74, 6) is -1.08. The molecule has 0 radical (unpaired) electrons. The van der Waals surface area contributed by atoms with Crippen LogP contribution in [-0.4, -0.2) is 52.7 Å². The van der Waals surface area contributed by atoms with Gasteiger partial charge in [0.15, 0.2) is 0 Å². The van der Waals surface area contributed by atoms with Crippen molar-refractivity contribution in [1.29, 1.82) is 0 Å². The summed E-state index contributed by atoms with van der Waals surface area (Å²) in [5, 5.41) is 9.22. The van der Waals surface area contributed by atoms with Crippen molar-refractivity contribution in [2.45, 2.75) is 38.8 Å². The molecule has 1 aliphatic heterocycles. The highest BCUT2D eigenvalue weighted by Crippen LogP contribution is 2.24. The van der Waals surface area contributed by atoms with Crippen LogP contribution in [-0.2, 0) is 21.5 Å². The summed E-state index contributed by atoms with van der Waals surface area (Å²) in [6.45, 7) is 2.29. The molecule has 0 spiro atoms. The lowest BCUT2D eigenvalue weighted by atomic mass is 10.1. The zero-order chi connectivity index (χ0) is 15.6. The van der Waals surface area contributed by atoms with Crippen molar-refractivity contribution in [3.8, 4) is 0 Å². The molecular formula is C12H19N3O4S2. The summed E-state index contributed by atoms with van der Waals surface area (Å²) in [7, 11) is -2.31. The van der Waals surface area contributed by atoms with E-state index in [2.05, 4.69) is 4.98 Å². The van der Waals surface area contributed by atoms with Gasteiger partial charge in [-0.05, 0) is 26.2 Å². The van der Waals surface area contributed by atoms with Gasteiger partial charge in [-0.25, -0.2) is 4.98 Å². The molecule has 9 heteroatoms. The first-order chi connectivity index (χ1) is 9.84. The Kier molecular flexibility index (Phi) is 4.97. The number of thiazole rings is 1. The molecular weight excluding hydrogens is 314 g/mol. The summed E-state index contributed by atoms with van der Waals surface area (Å²) in [6.07, 6.45) is 1.79. The van der Waals surface area contributed by atoms with Crippen molar-refractivity contribution in [2.75, 3.05) is 13.6 Å². The van der Waals surface area contributed by atoms with Crippen LogP contribution in [0.5, 0.6) is 0 Å². The molecule has 0 aliphatic carbocycles. The van der Waals surface area contributed by atoms with Crippen LogP contribution in [0.3, 0.4) is 0 Å². The minimum atomic E-state index is -3.78. The van der Waals surface area contributed by atoms with Gasteiger partial charge in [0, 0.05) is 18.5 Å². The molecule has 1 atom stereocenters. The van der Waals surface area contributed by atoms with E-state index in [9.17, 15) is 18.3 Å². The number of rotatable bonds is 5. The quantitative estimate of drug-likeness (QED) is 0.870. The Morgan fingerprint density at radius 2 is 2.29 bits per heavy atom. The van der Waals surface area contributed by atoms with Crippen molar-refractivity contribution in [3.63, 3.8) is 0 Å². The van der Waals surface area contributed by atoms with E-state index in [1.807, 2.05) is 6.92 Å². The fourth-order valence-corrected chi connectivity index (χ4v) is 4.81. The van der Waals surface area contributed by atoms with Crippen molar-refractivity contribution >= 4 is 27.5 Å². The lowest BCUT2D eigenvalue weighted by Crippen LogP contribution is -2.52. The van der Waals surface area contributed by atoms with E-state index in [1.165, 1.54) is 22.7 Å². The van der Waals surface area contributed by atoms with Gasteiger partial charge in [-0.3, -0.25) is 4.79 Å². The Morgan fingerprint density at radius 3 is 2.86 bits per heavy atom. The molecule has 2 heterocycles. The van der Waals surface area contributed by atoms with Crippen LogP contribution in [0.2, 0.25) is 0 Å². The monoisotopic (exact) mass is 333 g/mol. The molecule has 0 amide bonds. The fraction of sp³-hybridized carbons (Fsp3) is 0.667. The van der Waals surface area contributed by atoms with Gasteiger partial charge in [0.1, 0.15) is 6.04 Å². The number of aryl methyl sites for hydroxylation is 1. The average Bonchev–Trinajstić information content (AvgIpc) is 2.84. The highest BCUT2D eigenvalue weighted by Gasteiger charge is 2.38. The molecule has 21 heavy (non-hydrogen) atoms. The molecule has 7 nitrogen and oxygen atoms in total. The maximum atomic E-state index is 12.6. The van der Waals surface area contributed by atoms with E-state index in [0.29, 0.717) is 12.8 Å². The van der Waals surface area contributed by atoms with Crippen LogP contribution in [0.25, 0.3) is 0 Å². The topological polar surface area (TPSA) is 90.8 Å². The highest BCUT2D eigenvalue weighted by molar-refractivity contribution is 7.86. The van der Waals surface area contributed by atoms with Crippen LogP contribution in [0, 0.1) is 6.92 Å². The molecule has 1 aromatic heterocycles. The maximum absolute atomic E-state index is 12.6. The molecule has 1 N–H and O–H groups in total. The van der Waals surface area contributed by atoms with E-state index in [-0.39, 0.29) is 13.1 Å². The molecule has 1 aliphatic rings. The van der Waals surface area contributed by atoms with Crippen LogP contribution < -0.4 is 0 Å². The number of carboxylic acids is 1. The SMILES string of the molecule is Cc1ncsc1CN(C)S(=O)(=O)N1CCCCC1C(=O)O. The number of piperidine rings is 1. The first-order valence-electron chi connectivity index (χ1n) is 6.69. The zero-order valence-corrected chi connectivity index (χ0v) is 13.7. The number of aromatic nitrogens is 1. The Bertz CT molecular complexity index is 614. The molecule has 1 aromatic rings. The lowest BCUT2D eigenvalue weighted by molar-refractivity contribution is -0.142. The first kappa shape index (κ1) is 16.3. The summed E-state index contributed by atoms with van der Waals surface area (Å²) in [4.78, 5) is 16.2. The second-order valence-corrected chi connectivity index (χ2v) is 8.01. The minimum Gasteiger partial charge on any atom is -0.480 e. The van der Waals surface area contributed by atoms with Crippen LogP contribution in [0.15, 0.2) is 5.51 Å². The Morgan fingerprint density at radius 1 is 1.57 bits per heavy atom. The van der Waals surface area contributed by atoms with E-state index in [0.717, 1.165) is 21.3 Å². The van der Waals surface area contributed by atoms with Gasteiger partial charge >= 0.3 is 5.97 Å². The predicted octanol–water partition coefficient (Wildman–Crippen LogP) is 1.07. The molecule has 0 aromatic carbocycles. The molecule has 2 rings (SSSR count). The molecule has 1 saturated heterocycles. The van der Waals surface area contributed by atoms with Crippen molar-refractivity contribution in [2.24, 2.45) is 0 Å². The Balaban J connectivity index is 2.19. The predicted molar refractivity (Wildman–Crippen MR) is 79.2 cm³/mol. The van der Waals surface area contributed by atoms with Crippen LogP contribution in [0.4, 0.5) is 0 Å². The number of hydrogen-bond donors (Lipinski definition) is 1. The van der Waals surface area contributed by atoms with E-state index in [4.69, 9.17) is 0 Å². The number of carbonyl (C=O) groups is 1. The molecule has 118 valence electrons. The minimum absolute atomic E-state index is 0.210. The van der Waals surface area contributed by atoms with E-state index < -0.39 is 22.2 Å². The number of aliphatic carboxylic acids is 1. The largest absolute Gasteiger partial charge is 0.480 e. The van der Waals surface area contributed by atoms with Gasteiger partial charge in [-0.15, -0.1) is 11.3 Å². The normalized spacial score (nSPS) is 20.8.